The summed E-state index contributed by atoms with van der Waals surface area (Å²) in [7, 11) is -1.92. The van der Waals surface area contributed by atoms with Gasteiger partial charge < -0.3 is 18.6 Å². The third-order valence-electron chi connectivity index (χ3n) is 8.68. The summed E-state index contributed by atoms with van der Waals surface area (Å²) in [5, 5.41) is 0.112. The van der Waals surface area contributed by atoms with Gasteiger partial charge in [-0.25, -0.2) is 15.0 Å². The molecule has 44 heavy (non-hydrogen) atoms. The largest absolute Gasteiger partial charge is 0.544 e. The van der Waals surface area contributed by atoms with Crippen LogP contribution in [0.2, 0.25) is 18.1 Å². The van der Waals surface area contributed by atoms with Crippen LogP contribution in [0.25, 0.3) is 0 Å². The van der Waals surface area contributed by atoms with E-state index in [4.69, 9.17) is 18.6 Å². The molecule has 0 aliphatic carbocycles. The number of esters is 1. The molecule has 0 saturated heterocycles. The highest BCUT2D eigenvalue weighted by molar-refractivity contribution is 6.74. The summed E-state index contributed by atoms with van der Waals surface area (Å²) in [5.41, 5.74) is 8.38. The molecule has 8 nitrogen and oxygen atoms in total. The molecular formula is C35H36N2O6Si. The van der Waals surface area contributed by atoms with Gasteiger partial charge in [0, 0.05) is 28.8 Å². The molecule has 2 aliphatic heterocycles. The molecule has 0 fully saturated rings. The zero-order valence-corrected chi connectivity index (χ0v) is 26.5. The molecule has 4 aromatic rings. The van der Waals surface area contributed by atoms with Gasteiger partial charge in [0.25, 0.3) is 0 Å². The lowest BCUT2D eigenvalue weighted by molar-refractivity contribution is 0.0222. The molecule has 0 saturated carbocycles. The molecule has 4 aromatic carbocycles. The fourth-order valence-corrected chi connectivity index (χ4v) is 6.41. The van der Waals surface area contributed by atoms with Crippen molar-refractivity contribution < 1.29 is 28.2 Å². The first-order valence-electron chi connectivity index (χ1n) is 14.7. The van der Waals surface area contributed by atoms with Crippen LogP contribution in [0.15, 0.2) is 91.0 Å². The number of rotatable bonds is 7. The van der Waals surface area contributed by atoms with Gasteiger partial charge in [-0.05, 0) is 48.0 Å². The number of carbonyl (C=O) groups is 2. The van der Waals surface area contributed by atoms with Gasteiger partial charge in [-0.2, -0.15) is 0 Å². The van der Waals surface area contributed by atoms with Gasteiger partial charge in [-0.15, -0.1) is 0 Å². The summed E-state index contributed by atoms with van der Waals surface area (Å²) < 4.78 is 24.2. The van der Waals surface area contributed by atoms with Crippen molar-refractivity contribution >= 4 is 20.4 Å². The Hall–Kier alpha value is -4.60. The number of benzene rings is 4. The van der Waals surface area contributed by atoms with Crippen molar-refractivity contribution in [3.63, 3.8) is 0 Å². The number of carbonyl (C=O) groups excluding carboxylic acids is 2. The number of hydrogen-bond acceptors (Lipinski definition) is 7. The second-order valence-electron chi connectivity index (χ2n) is 12.6. The van der Waals surface area contributed by atoms with E-state index in [1.807, 2.05) is 84.9 Å². The molecule has 226 valence electrons. The lowest BCUT2D eigenvalue weighted by Gasteiger charge is -2.36. The molecule has 2 aliphatic rings. The highest BCUT2D eigenvalue weighted by Gasteiger charge is 2.54. The Kier molecular flexibility index (Phi) is 7.47. The average Bonchev–Trinajstić information content (AvgIpc) is 3.29. The molecule has 0 atom stereocenters. The zero-order valence-electron chi connectivity index (χ0n) is 25.5. The van der Waals surface area contributed by atoms with E-state index in [-0.39, 0.29) is 11.6 Å². The molecule has 0 radical (unpaired) electrons. The molecule has 0 unspecified atom stereocenters. The fraction of sp³-hybridized carbons (Fsp3) is 0.257. The van der Waals surface area contributed by atoms with Crippen molar-refractivity contribution in [3.8, 4) is 17.2 Å². The Labute approximate surface area is 258 Å². The fourth-order valence-electron chi connectivity index (χ4n) is 5.38. The predicted octanol–water partition coefficient (Wildman–Crippen LogP) is 7.57. The monoisotopic (exact) mass is 608 g/mol. The Balaban J connectivity index is 1.12. The van der Waals surface area contributed by atoms with Gasteiger partial charge in [0.15, 0.2) is 5.60 Å². The van der Waals surface area contributed by atoms with Gasteiger partial charge in [-0.3, -0.25) is 5.43 Å². The normalized spacial score (nSPS) is 14.5. The van der Waals surface area contributed by atoms with E-state index in [0.717, 1.165) is 22.4 Å². The smallest absolute Gasteiger partial charge is 0.421 e. The number of amides is 1. The van der Waals surface area contributed by atoms with Gasteiger partial charge in [-0.1, -0.05) is 87.5 Å². The molecule has 2 N–H and O–H groups in total. The van der Waals surface area contributed by atoms with Crippen molar-refractivity contribution in [2.45, 2.75) is 57.7 Å². The maximum absolute atomic E-state index is 13.5. The first kappa shape index (κ1) is 29.5. The van der Waals surface area contributed by atoms with E-state index in [1.165, 1.54) is 0 Å². The SMILES string of the molecule is CC(C)(C)[Si](C)(C)Oc1ccc(CNNC(=O)OCc2cccc3c2C(=O)OC32c3ccccc3Oc3ccccc32)cc1. The number of para-hydroxylation sites is 2. The molecule has 6 rings (SSSR count). The van der Waals surface area contributed by atoms with Crippen molar-refractivity contribution in [1.29, 1.82) is 0 Å². The Morgan fingerprint density at radius 2 is 1.45 bits per heavy atom. The van der Waals surface area contributed by atoms with E-state index < -0.39 is 26.0 Å². The van der Waals surface area contributed by atoms with Crippen LogP contribution in [0.3, 0.4) is 0 Å². The molecule has 1 amide bonds. The molecule has 2 heterocycles. The second-order valence-corrected chi connectivity index (χ2v) is 17.3. The third kappa shape index (κ3) is 5.22. The topological polar surface area (TPSA) is 95.1 Å². The van der Waals surface area contributed by atoms with Gasteiger partial charge in [0.1, 0.15) is 23.9 Å². The van der Waals surface area contributed by atoms with Crippen LogP contribution in [-0.4, -0.2) is 20.4 Å². The van der Waals surface area contributed by atoms with Crippen LogP contribution in [-0.2, 0) is 28.2 Å². The van der Waals surface area contributed by atoms with Crippen LogP contribution < -0.4 is 20.0 Å². The van der Waals surface area contributed by atoms with E-state index in [9.17, 15) is 9.59 Å². The zero-order chi connectivity index (χ0) is 31.1. The number of hydrazine groups is 1. The minimum atomic E-state index is -1.92. The van der Waals surface area contributed by atoms with Crippen molar-refractivity contribution in [3.05, 3.63) is 124 Å². The summed E-state index contributed by atoms with van der Waals surface area (Å²) in [6.45, 7) is 11.3. The Morgan fingerprint density at radius 3 is 2.09 bits per heavy atom. The molecule has 1 spiro atoms. The molecule has 0 bridgehead atoms. The van der Waals surface area contributed by atoms with E-state index in [0.29, 0.717) is 34.7 Å². The number of ether oxygens (including phenoxy) is 3. The Bertz CT molecular complexity index is 1680. The predicted molar refractivity (Wildman–Crippen MR) is 169 cm³/mol. The van der Waals surface area contributed by atoms with E-state index in [2.05, 4.69) is 44.7 Å². The summed E-state index contributed by atoms with van der Waals surface area (Å²) >= 11 is 0. The number of nitrogens with one attached hydrogen (secondary N) is 2. The highest BCUT2D eigenvalue weighted by atomic mass is 28.4. The summed E-state index contributed by atoms with van der Waals surface area (Å²) in [6, 6.07) is 28.4. The minimum absolute atomic E-state index is 0.110. The maximum atomic E-state index is 13.5. The van der Waals surface area contributed by atoms with E-state index in [1.54, 1.807) is 6.07 Å². The standard InChI is InChI=1S/C35H36N2O6Si/c1-34(2,3)44(4,5)43-25-19-17-23(18-20-25)21-36-37-33(39)40-22-24-11-10-14-28-31(24)32(38)42-35(28)26-12-6-8-15-29(26)41-30-16-9-7-13-27(30)35/h6-20,36H,21-22H2,1-5H3,(H,37,39). The Morgan fingerprint density at radius 1 is 0.841 bits per heavy atom. The summed E-state index contributed by atoms with van der Waals surface area (Å²) in [4.78, 5) is 26.0. The van der Waals surface area contributed by atoms with Crippen LogP contribution in [0.1, 0.15) is 58.9 Å². The van der Waals surface area contributed by atoms with Gasteiger partial charge in [0.2, 0.25) is 8.32 Å². The van der Waals surface area contributed by atoms with Crippen LogP contribution in [0.5, 0.6) is 17.2 Å². The number of hydrogen-bond donors (Lipinski definition) is 2. The first-order chi connectivity index (χ1) is 21.0. The molecular weight excluding hydrogens is 572 g/mol. The summed E-state index contributed by atoms with van der Waals surface area (Å²) in [5.74, 6) is 1.61. The minimum Gasteiger partial charge on any atom is -0.544 e. The van der Waals surface area contributed by atoms with E-state index >= 15 is 0 Å². The van der Waals surface area contributed by atoms with Gasteiger partial charge in [0.05, 0.1) is 5.56 Å². The van der Waals surface area contributed by atoms with Crippen molar-refractivity contribution in [2.24, 2.45) is 0 Å². The second kappa shape index (κ2) is 11.2. The van der Waals surface area contributed by atoms with Crippen LogP contribution in [0.4, 0.5) is 4.79 Å². The van der Waals surface area contributed by atoms with Crippen molar-refractivity contribution in [1.82, 2.24) is 10.9 Å². The van der Waals surface area contributed by atoms with Gasteiger partial charge >= 0.3 is 12.1 Å². The van der Waals surface area contributed by atoms with Crippen molar-refractivity contribution in [2.75, 3.05) is 0 Å². The lowest BCUT2D eigenvalue weighted by atomic mass is 9.77. The average molecular weight is 609 g/mol. The molecule has 0 aromatic heterocycles. The lowest BCUT2D eigenvalue weighted by Crippen LogP contribution is -2.43. The molecule has 9 heteroatoms. The number of fused-ring (bicyclic) bond motifs is 6. The first-order valence-corrected chi connectivity index (χ1v) is 17.6. The van der Waals surface area contributed by atoms with Crippen LogP contribution in [0, 0.1) is 0 Å². The maximum Gasteiger partial charge on any atom is 0.421 e. The third-order valence-corrected chi connectivity index (χ3v) is 13.0. The summed E-state index contributed by atoms with van der Waals surface area (Å²) in [6.07, 6.45) is -0.664. The highest BCUT2D eigenvalue weighted by Crippen LogP contribution is 2.56. The quantitative estimate of drug-likeness (QED) is 0.127. The van der Waals surface area contributed by atoms with Crippen LogP contribution >= 0.6 is 0 Å².